The first-order valence-electron chi connectivity index (χ1n) is 7.63. The first kappa shape index (κ1) is 18.5. The quantitative estimate of drug-likeness (QED) is 0.596. The summed E-state index contributed by atoms with van der Waals surface area (Å²) in [6.07, 6.45) is 0.464. The van der Waals surface area contributed by atoms with Crippen LogP contribution in [-0.4, -0.2) is 50.5 Å². The summed E-state index contributed by atoms with van der Waals surface area (Å²) in [6, 6.07) is 4.22. The van der Waals surface area contributed by atoms with Gasteiger partial charge in [0.2, 0.25) is 5.91 Å². The minimum Gasteiger partial charge on any atom is -0.357 e. The zero-order valence-electron chi connectivity index (χ0n) is 14.3. The molecule has 1 amide bonds. The van der Waals surface area contributed by atoms with E-state index < -0.39 is 0 Å². The van der Waals surface area contributed by atoms with Gasteiger partial charge in [-0.25, -0.2) is 0 Å². The molecule has 0 aliphatic carbocycles. The second kappa shape index (κ2) is 8.78. The Hall–Kier alpha value is -1.56. The van der Waals surface area contributed by atoms with Gasteiger partial charge in [-0.15, -0.1) is 11.3 Å². The van der Waals surface area contributed by atoms with E-state index in [1.54, 1.807) is 30.3 Å². The molecule has 0 atom stereocenters. The predicted octanol–water partition coefficient (Wildman–Crippen LogP) is 2.06. The molecule has 0 spiro atoms. The Balaban J connectivity index is 2.56. The number of thiophene rings is 1. The first-order valence-corrected chi connectivity index (χ1v) is 8.51. The second-order valence-electron chi connectivity index (χ2n) is 6.02. The van der Waals surface area contributed by atoms with Crippen LogP contribution >= 0.6 is 11.3 Å². The van der Waals surface area contributed by atoms with E-state index in [1.165, 1.54) is 4.88 Å². The van der Waals surface area contributed by atoms with Crippen LogP contribution in [0.15, 0.2) is 22.5 Å². The van der Waals surface area contributed by atoms with Crippen molar-refractivity contribution in [1.29, 1.82) is 0 Å². The van der Waals surface area contributed by atoms with Crippen molar-refractivity contribution in [2.24, 2.45) is 4.99 Å². The van der Waals surface area contributed by atoms with Crippen molar-refractivity contribution in [3.8, 4) is 0 Å². The number of carbonyl (C=O) groups is 1. The SMILES string of the molecule is CCNC(=NCC(C)(C)c1cccs1)NCCC(=O)N(C)C. The molecule has 0 aliphatic rings. The van der Waals surface area contributed by atoms with Crippen molar-refractivity contribution in [1.82, 2.24) is 15.5 Å². The molecule has 1 aromatic heterocycles. The molecule has 0 aromatic carbocycles. The van der Waals surface area contributed by atoms with Crippen molar-refractivity contribution in [3.63, 3.8) is 0 Å². The number of amides is 1. The Morgan fingerprint density at radius 2 is 2.09 bits per heavy atom. The number of carbonyl (C=O) groups excluding carboxylic acids is 1. The van der Waals surface area contributed by atoms with E-state index in [9.17, 15) is 4.79 Å². The molecule has 1 heterocycles. The number of rotatable bonds is 7. The summed E-state index contributed by atoms with van der Waals surface area (Å²) in [4.78, 5) is 19.2. The zero-order chi connectivity index (χ0) is 16.6. The third kappa shape index (κ3) is 6.05. The lowest BCUT2D eigenvalue weighted by Gasteiger charge is -2.22. The summed E-state index contributed by atoms with van der Waals surface area (Å²) in [6.45, 7) is 8.51. The third-order valence-corrected chi connectivity index (χ3v) is 4.53. The standard InChI is InChI=1S/C16H28N4OS/c1-6-17-15(18-10-9-14(21)20(4)5)19-12-16(2,3)13-8-7-11-22-13/h7-8,11H,6,9-10,12H2,1-5H3,(H2,17,18,19). The average Bonchev–Trinajstić information content (AvgIpc) is 2.99. The normalized spacial score (nSPS) is 12.1. The van der Waals surface area contributed by atoms with E-state index >= 15 is 0 Å². The van der Waals surface area contributed by atoms with Crippen LogP contribution in [0.3, 0.4) is 0 Å². The number of hydrogen-bond donors (Lipinski definition) is 2. The van der Waals surface area contributed by atoms with Crippen LogP contribution in [0, 0.1) is 0 Å². The van der Waals surface area contributed by atoms with Crippen molar-refractivity contribution >= 4 is 23.2 Å². The van der Waals surface area contributed by atoms with E-state index in [0.717, 1.165) is 12.5 Å². The molecule has 0 saturated heterocycles. The van der Waals surface area contributed by atoms with Crippen molar-refractivity contribution in [2.75, 3.05) is 33.7 Å². The maximum Gasteiger partial charge on any atom is 0.223 e. The van der Waals surface area contributed by atoms with Gasteiger partial charge in [-0.3, -0.25) is 9.79 Å². The maximum atomic E-state index is 11.6. The van der Waals surface area contributed by atoms with Gasteiger partial charge in [0.05, 0.1) is 6.54 Å². The van der Waals surface area contributed by atoms with Crippen LogP contribution in [-0.2, 0) is 10.2 Å². The number of nitrogens with one attached hydrogen (secondary N) is 2. The molecular weight excluding hydrogens is 296 g/mol. The van der Waals surface area contributed by atoms with Gasteiger partial charge in [-0.2, -0.15) is 0 Å². The zero-order valence-corrected chi connectivity index (χ0v) is 15.1. The number of aliphatic imine (C=N–C) groups is 1. The van der Waals surface area contributed by atoms with E-state index in [2.05, 4.69) is 47.0 Å². The van der Waals surface area contributed by atoms with E-state index in [4.69, 9.17) is 0 Å². The summed E-state index contributed by atoms with van der Waals surface area (Å²) in [7, 11) is 3.54. The number of guanidine groups is 1. The van der Waals surface area contributed by atoms with Crippen LogP contribution < -0.4 is 10.6 Å². The third-order valence-electron chi connectivity index (χ3n) is 3.29. The molecule has 0 aliphatic heterocycles. The monoisotopic (exact) mass is 324 g/mol. The highest BCUT2D eigenvalue weighted by molar-refractivity contribution is 7.10. The van der Waals surface area contributed by atoms with Crippen LogP contribution in [0.5, 0.6) is 0 Å². The van der Waals surface area contributed by atoms with Crippen LogP contribution in [0.2, 0.25) is 0 Å². The first-order chi connectivity index (χ1) is 10.4. The van der Waals surface area contributed by atoms with Crippen LogP contribution in [0.1, 0.15) is 32.1 Å². The highest BCUT2D eigenvalue weighted by atomic mass is 32.1. The average molecular weight is 324 g/mol. The Kier molecular flexibility index (Phi) is 7.38. The summed E-state index contributed by atoms with van der Waals surface area (Å²) in [5.74, 6) is 0.876. The minimum atomic E-state index is 0.00989. The molecule has 1 rings (SSSR count). The second-order valence-corrected chi connectivity index (χ2v) is 6.97. The topological polar surface area (TPSA) is 56.7 Å². The van der Waals surface area contributed by atoms with Gasteiger partial charge in [-0.1, -0.05) is 19.9 Å². The summed E-state index contributed by atoms with van der Waals surface area (Å²) >= 11 is 1.76. The largest absolute Gasteiger partial charge is 0.357 e. The van der Waals surface area contributed by atoms with Crippen molar-refractivity contribution < 1.29 is 4.79 Å². The highest BCUT2D eigenvalue weighted by Crippen LogP contribution is 2.27. The summed E-state index contributed by atoms with van der Waals surface area (Å²) in [5.41, 5.74) is 0.00989. The molecule has 0 saturated carbocycles. The molecule has 1 aromatic rings. The lowest BCUT2D eigenvalue weighted by atomic mass is 9.92. The molecule has 0 fully saturated rings. The molecule has 0 unspecified atom stereocenters. The Bertz CT molecular complexity index is 480. The molecule has 0 bridgehead atoms. The predicted molar refractivity (Wildman–Crippen MR) is 94.6 cm³/mol. The lowest BCUT2D eigenvalue weighted by molar-refractivity contribution is -0.128. The molecule has 5 nitrogen and oxygen atoms in total. The Morgan fingerprint density at radius 1 is 1.36 bits per heavy atom. The van der Waals surface area contributed by atoms with Crippen LogP contribution in [0.25, 0.3) is 0 Å². The highest BCUT2D eigenvalue weighted by Gasteiger charge is 2.21. The van der Waals surface area contributed by atoms with Gasteiger partial charge >= 0.3 is 0 Å². The Morgan fingerprint density at radius 3 is 2.64 bits per heavy atom. The molecule has 22 heavy (non-hydrogen) atoms. The number of hydrogen-bond acceptors (Lipinski definition) is 3. The summed E-state index contributed by atoms with van der Waals surface area (Å²) < 4.78 is 0. The maximum absolute atomic E-state index is 11.6. The van der Waals surface area contributed by atoms with Gasteiger partial charge in [0.1, 0.15) is 0 Å². The van der Waals surface area contributed by atoms with Gasteiger partial charge in [0.15, 0.2) is 5.96 Å². The van der Waals surface area contributed by atoms with Crippen LogP contribution in [0.4, 0.5) is 0 Å². The van der Waals surface area contributed by atoms with Gasteiger partial charge < -0.3 is 15.5 Å². The molecule has 2 N–H and O–H groups in total. The number of nitrogens with zero attached hydrogens (tertiary/aromatic N) is 2. The van der Waals surface area contributed by atoms with Crippen molar-refractivity contribution in [2.45, 2.75) is 32.6 Å². The van der Waals surface area contributed by atoms with Gasteiger partial charge in [0, 0.05) is 43.9 Å². The lowest BCUT2D eigenvalue weighted by Crippen LogP contribution is -2.40. The fraction of sp³-hybridized carbons (Fsp3) is 0.625. The summed E-state index contributed by atoms with van der Waals surface area (Å²) in [5, 5.41) is 8.53. The molecular formula is C16H28N4OS. The minimum absolute atomic E-state index is 0.00989. The van der Waals surface area contributed by atoms with Gasteiger partial charge in [-0.05, 0) is 18.4 Å². The fourth-order valence-electron chi connectivity index (χ4n) is 1.87. The molecule has 6 heteroatoms. The van der Waals surface area contributed by atoms with E-state index in [-0.39, 0.29) is 11.3 Å². The Labute approximate surface area is 137 Å². The smallest absolute Gasteiger partial charge is 0.223 e. The molecule has 124 valence electrons. The van der Waals surface area contributed by atoms with E-state index in [1.807, 2.05) is 6.92 Å². The van der Waals surface area contributed by atoms with Crippen molar-refractivity contribution in [3.05, 3.63) is 22.4 Å². The van der Waals surface area contributed by atoms with Gasteiger partial charge in [0.25, 0.3) is 0 Å². The van der Waals surface area contributed by atoms with E-state index in [0.29, 0.717) is 19.5 Å². The fourth-order valence-corrected chi connectivity index (χ4v) is 2.72. The molecule has 0 radical (unpaired) electrons.